The lowest BCUT2D eigenvalue weighted by Gasteiger charge is -2.17. The highest BCUT2D eigenvalue weighted by molar-refractivity contribution is 14.1. The molecule has 1 atom stereocenters. The monoisotopic (exact) mass is 635 g/mol. The first-order chi connectivity index (χ1) is 14.0. The minimum atomic E-state index is -0.266. The SMILES string of the molecule is NC(CCl)=NCCC[C@H](NC(=O)c1cc(I)cc(I)c1)c1nc2ccccc2[nH]1. The molecule has 2 aromatic carbocycles. The van der Waals surface area contributed by atoms with Crippen molar-refractivity contribution in [1.82, 2.24) is 15.3 Å². The molecule has 152 valence electrons. The van der Waals surface area contributed by atoms with E-state index in [2.05, 4.69) is 65.5 Å². The van der Waals surface area contributed by atoms with Gasteiger partial charge in [0.1, 0.15) is 11.7 Å². The Morgan fingerprint density at radius 2 is 1.97 bits per heavy atom. The van der Waals surface area contributed by atoms with Gasteiger partial charge in [0, 0.05) is 19.2 Å². The summed E-state index contributed by atoms with van der Waals surface area (Å²) in [5, 5.41) is 3.12. The van der Waals surface area contributed by atoms with Gasteiger partial charge in [-0.1, -0.05) is 12.1 Å². The lowest BCUT2D eigenvalue weighted by molar-refractivity contribution is 0.0932. The Morgan fingerprint density at radius 1 is 1.24 bits per heavy atom. The Kier molecular flexibility index (Phi) is 8.13. The first kappa shape index (κ1) is 22.3. The third kappa shape index (κ3) is 6.29. The van der Waals surface area contributed by atoms with Gasteiger partial charge in [0.25, 0.3) is 5.91 Å². The number of fused-ring (bicyclic) bond motifs is 1. The Balaban J connectivity index is 1.80. The third-order valence-electron chi connectivity index (χ3n) is 4.27. The summed E-state index contributed by atoms with van der Waals surface area (Å²) in [6, 6.07) is 13.3. The highest BCUT2D eigenvalue weighted by Crippen LogP contribution is 2.21. The van der Waals surface area contributed by atoms with Crippen molar-refractivity contribution < 1.29 is 4.79 Å². The molecule has 3 aromatic rings. The molecule has 0 aliphatic heterocycles. The zero-order valence-corrected chi connectivity index (χ0v) is 20.5. The summed E-state index contributed by atoms with van der Waals surface area (Å²) in [7, 11) is 0. The van der Waals surface area contributed by atoms with Crippen LogP contribution < -0.4 is 11.1 Å². The van der Waals surface area contributed by atoms with Gasteiger partial charge in [0.05, 0.1) is 23.0 Å². The molecule has 0 radical (unpaired) electrons. The first-order valence-electron chi connectivity index (χ1n) is 9.02. The van der Waals surface area contributed by atoms with Crippen LogP contribution in [-0.2, 0) is 0 Å². The van der Waals surface area contributed by atoms with E-state index in [1.807, 2.05) is 42.5 Å². The molecule has 0 unspecified atom stereocenters. The number of alkyl halides is 1. The van der Waals surface area contributed by atoms with Gasteiger partial charge < -0.3 is 16.0 Å². The molecule has 1 amide bonds. The topological polar surface area (TPSA) is 96.2 Å². The molecule has 4 N–H and O–H groups in total. The molecule has 0 aliphatic rings. The number of imidazole rings is 1. The van der Waals surface area contributed by atoms with Crippen LogP contribution in [0.1, 0.15) is 35.1 Å². The summed E-state index contributed by atoms with van der Waals surface area (Å²) < 4.78 is 2.04. The number of para-hydroxylation sites is 2. The van der Waals surface area contributed by atoms with E-state index in [1.54, 1.807) is 0 Å². The van der Waals surface area contributed by atoms with Crippen LogP contribution in [-0.4, -0.2) is 34.1 Å². The van der Waals surface area contributed by atoms with Crippen LogP contribution in [0.4, 0.5) is 0 Å². The van der Waals surface area contributed by atoms with E-state index in [0.29, 0.717) is 24.4 Å². The second-order valence-electron chi connectivity index (χ2n) is 6.47. The Hall–Kier alpha value is -1.40. The van der Waals surface area contributed by atoms with Gasteiger partial charge in [0.15, 0.2) is 0 Å². The summed E-state index contributed by atoms with van der Waals surface area (Å²) in [6.45, 7) is 0.548. The highest BCUT2D eigenvalue weighted by Gasteiger charge is 2.19. The third-order valence-corrected chi connectivity index (χ3v) is 5.79. The molecule has 1 aromatic heterocycles. The maximum absolute atomic E-state index is 12.9. The molecule has 1 heterocycles. The zero-order chi connectivity index (χ0) is 20.8. The molecule has 0 fully saturated rings. The predicted octanol–water partition coefficient (Wildman–Crippen LogP) is 4.62. The van der Waals surface area contributed by atoms with Crippen molar-refractivity contribution in [3.63, 3.8) is 0 Å². The van der Waals surface area contributed by atoms with Crippen molar-refractivity contribution in [2.75, 3.05) is 12.4 Å². The molecule has 0 saturated heterocycles. The molecular weight excluding hydrogens is 616 g/mol. The molecule has 0 spiro atoms. The molecular formula is C20H20ClI2N5O. The Labute approximate surface area is 201 Å². The van der Waals surface area contributed by atoms with Gasteiger partial charge in [-0.25, -0.2) is 4.98 Å². The van der Waals surface area contributed by atoms with Gasteiger partial charge in [-0.15, -0.1) is 11.6 Å². The lowest BCUT2D eigenvalue weighted by atomic mass is 10.1. The zero-order valence-electron chi connectivity index (χ0n) is 15.5. The number of amides is 1. The number of nitrogens with two attached hydrogens (primary N) is 1. The van der Waals surface area contributed by atoms with Gasteiger partial charge in [-0.3, -0.25) is 9.79 Å². The van der Waals surface area contributed by atoms with Crippen LogP contribution in [0.5, 0.6) is 0 Å². The van der Waals surface area contributed by atoms with Crippen LogP contribution in [0.3, 0.4) is 0 Å². The number of halogens is 3. The fraction of sp³-hybridized carbons (Fsp3) is 0.250. The highest BCUT2D eigenvalue weighted by atomic mass is 127. The second-order valence-corrected chi connectivity index (χ2v) is 9.23. The number of aliphatic imine (C=N–C) groups is 1. The summed E-state index contributed by atoms with van der Waals surface area (Å²) in [5.74, 6) is 1.24. The van der Waals surface area contributed by atoms with E-state index < -0.39 is 0 Å². The maximum Gasteiger partial charge on any atom is 0.251 e. The van der Waals surface area contributed by atoms with E-state index in [1.165, 1.54) is 0 Å². The van der Waals surface area contributed by atoms with Gasteiger partial charge in [0.2, 0.25) is 0 Å². The van der Waals surface area contributed by atoms with Gasteiger partial charge in [-0.2, -0.15) is 0 Å². The van der Waals surface area contributed by atoms with Gasteiger partial charge >= 0.3 is 0 Å². The van der Waals surface area contributed by atoms with Crippen molar-refractivity contribution in [3.05, 3.63) is 61.0 Å². The van der Waals surface area contributed by atoms with E-state index in [4.69, 9.17) is 17.3 Å². The van der Waals surface area contributed by atoms with Crippen LogP contribution in [0.15, 0.2) is 47.5 Å². The van der Waals surface area contributed by atoms with Gasteiger partial charge in [-0.05, 0) is 88.4 Å². The van der Waals surface area contributed by atoms with Crippen molar-refractivity contribution in [2.45, 2.75) is 18.9 Å². The Bertz CT molecular complexity index is 983. The fourth-order valence-electron chi connectivity index (χ4n) is 2.90. The number of carbonyl (C=O) groups excluding carboxylic acids is 1. The molecule has 0 bridgehead atoms. The standard InChI is InChI=1S/C20H20ClI2N5O/c21-11-18(24)25-7-3-6-17(19-26-15-4-1-2-5-16(15)27-19)28-20(29)12-8-13(22)10-14(23)9-12/h1-2,4-5,8-10,17H,3,6-7,11H2,(H2,24,25)(H,26,27)(H,28,29)/t17-/m0/s1. The number of rotatable bonds is 8. The normalized spacial score (nSPS) is 12.9. The van der Waals surface area contributed by atoms with Crippen LogP contribution >= 0.6 is 56.8 Å². The van der Waals surface area contributed by atoms with E-state index >= 15 is 0 Å². The van der Waals surface area contributed by atoms with Crippen LogP contribution in [0.25, 0.3) is 11.0 Å². The van der Waals surface area contributed by atoms with Crippen molar-refractivity contribution in [1.29, 1.82) is 0 Å². The summed E-state index contributed by atoms with van der Waals surface area (Å²) in [6.07, 6.45) is 1.41. The summed E-state index contributed by atoms with van der Waals surface area (Å²) in [5.41, 5.74) is 8.11. The largest absolute Gasteiger partial charge is 0.386 e. The molecule has 3 rings (SSSR count). The average molecular weight is 636 g/mol. The number of aromatic amines is 1. The van der Waals surface area contributed by atoms with E-state index in [9.17, 15) is 4.79 Å². The van der Waals surface area contributed by atoms with Crippen molar-refractivity contribution in [3.8, 4) is 0 Å². The van der Waals surface area contributed by atoms with Crippen LogP contribution in [0.2, 0.25) is 0 Å². The molecule has 29 heavy (non-hydrogen) atoms. The smallest absolute Gasteiger partial charge is 0.251 e. The number of benzene rings is 2. The summed E-state index contributed by atoms with van der Waals surface area (Å²) >= 11 is 10.1. The molecule has 6 nitrogen and oxygen atoms in total. The predicted molar refractivity (Wildman–Crippen MR) is 135 cm³/mol. The fourth-order valence-corrected chi connectivity index (χ4v) is 4.92. The molecule has 0 aliphatic carbocycles. The lowest BCUT2D eigenvalue weighted by Crippen LogP contribution is -2.29. The number of carbonyl (C=O) groups is 1. The molecule has 9 heteroatoms. The average Bonchev–Trinajstić information content (AvgIpc) is 3.13. The minimum Gasteiger partial charge on any atom is -0.386 e. The summed E-state index contributed by atoms with van der Waals surface area (Å²) in [4.78, 5) is 25.1. The number of nitrogens with one attached hydrogen (secondary N) is 2. The minimum absolute atomic E-state index is 0.129. The second kappa shape index (κ2) is 10.6. The number of hydrogen-bond donors (Lipinski definition) is 3. The maximum atomic E-state index is 12.9. The van der Waals surface area contributed by atoms with Crippen LogP contribution in [0, 0.1) is 7.14 Å². The van der Waals surface area contributed by atoms with Crippen molar-refractivity contribution >= 4 is 79.6 Å². The van der Waals surface area contributed by atoms with E-state index in [0.717, 1.165) is 30.4 Å². The number of nitrogens with zero attached hydrogens (tertiary/aromatic N) is 2. The Morgan fingerprint density at radius 3 is 2.66 bits per heavy atom. The molecule has 0 saturated carbocycles. The number of H-pyrrole nitrogens is 1. The first-order valence-corrected chi connectivity index (χ1v) is 11.7. The van der Waals surface area contributed by atoms with Crippen molar-refractivity contribution in [2.24, 2.45) is 10.7 Å². The number of hydrogen-bond acceptors (Lipinski definition) is 3. The number of amidine groups is 1. The number of aromatic nitrogens is 2. The van der Waals surface area contributed by atoms with E-state index in [-0.39, 0.29) is 17.8 Å². The quantitative estimate of drug-likeness (QED) is 0.111.